The molecular formula is C13H22N4O. The number of aromatic nitrogens is 2. The number of rotatable bonds is 5. The van der Waals surface area contributed by atoms with E-state index in [1.807, 2.05) is 17.3 Å². The van der Waals surface area contributed by atoms with Crippen LogP contribution in [0, 0.1) is 0 Å². The molecule has 0 atom stereocenters. The maximum Gasteiger partial charge on any atom is 0.224 e. The molecule has 1 aromatic rings. The minimum absolute atomic E-state index is 0.257. The highest BCUT2D eigenvalue weighted by Crippen LogP contribution is 2.04. The van der Waals surface area contributed by atoms with Crippen molar-refractivity contribution in [3.05, 3.63) is 18.2 Å². The topological polar surface area (TPSA) is 50.2 Å². The number of carbonyl (C=O) groups is 1. The molecule has 1 N–H and O–H groups in total. The maximum atomic E-state index is 12.0. The molecule has 0 bridgehead atoms. The van der Waals surface area contributed by atoms with E-state index in [1.54, 1.807) is 0 Å². The molecule has 0 radical (unpaired) electrons. The molecule has 0 saturated carbocycles. The van der Waals surface area contributed by atoms with Crippen LogP contribution in [-0.2, 0) is 17.8 Å². The Bertz CT molecular complexity index is 382. The second-order valence-electron chi connectivity index (χ2n) is 4.67. The predicted octanol–water partition coefficient (Wildman–Crippen LogP) is 0.657. The van der Waals surface area contributed by atoms with Crippen LogP contribution in [0.5, 0.6) is 0 Å². The third kappa shape index (κ3) is 3.32. The summed E-state index contributed by atoms with van der Waals surface area (Å²) in [6.07, 6.45) is 6.43. The summed E-state index contributed by atoms with van der Waals surface area (Å²) in [5, 5.41) is 3.26. The highest BCUT2D eigenvalue weighted by molar-refractivity contribution is 5.76. The number of amides is 1. The first-order chi connectivity index (χ1) is 8.81. The van der Waals surface area contributed by atoms with Crippen molar-refractivity contribution in [3.63, 3.8) is 0 Å². The Morgan fingerprint density at radius 1 is 1.44 bits per heavy atom. The van der Waals surface area contributed by atoms with E-state index >= 15 is 0 Å². The van der Waals surface area contributed by atoms with Crippen LogP contribution in [-0.4, -0.2) is 46.5 Å². The van der Waals surface area contributed by atoms with Gasteiger partial charge in [0, 0.05) is 58.0 Å². The molecule has 1 fully saturated rings. The summed E-state index contributed by atoms with van der Waals surface area (Å²) in [4.78, 5) is 18.3. The van der Waals surface area contributed by atoms with Gasteiger partial charge in [-0.3, -0.25) is 4.79 Å². The molecule has 5 nitrogen and oxygen atoms in total. The Balaban J connectivity index is 1.82. The van der Waals surface area contributed by atoms with E-state index in [4.69, 9.17) is 0 Å². The number of hydrogen-bond donors (Lipinski definition) is 1. The minimum Gasteiger partial charge on any atom is -0.340 e. The van der Waals surface area contributed by atoms with Crippen molar-refractivity contribution in [2.24, 2.45) is 0 Å². The lowest BCUT2D eigenvalue weighted by molar-refractivity contribution is -0.132. The monoisotopic (exact) mass is 250 g/mol. The van der Waals surface area contributed by atoms with E-state index in [9.17, 15) is 4.79 Å². The van der Waals surface area contributed by atoms with Crippen LogP contribution in [0.25, 0.3) is 0 Å². The zero-order valence-electron chi connectivity index (χ0n) is 11.1. The predicted molar refractivity (Wildman–Crippen MR) is 70.3 cm³/mol. The van der Waals surface area contributed by atoms with Crippen molar-refractivity contribution < 1.29 is 4.79 Å². The van der Waals surface area contributed by atoms with E-state index in [0.717, 1.165) is 51.4 Å². The van der Waals surface area contributed by atoms with Gasteiger partial charge in [-0.2, -0.15) is 0 Å². The highest BCUT2D eigenvalue weighted by atomic mass is 16.2. The lowest BCUT2D eigenvalue weighted by Gasteiger charge is -2.27. The fourth-order valence-corrected chi connectivity index (χ4v) is 2.28. The highest BCUT2D eigenvalue weighted by Gasteiger charge is 2.16. The van der Waals surface area contributed by atoms with Gasteiger partial charge in [-0.1, -0.05) is 6.92 Å². The smallest absolute Gasteiger partial charge is 0.224 e. The molecule has 5 heteroatoms. The molecule has 18 heavy (non-hydrogen) atoms. The van der Waals surface area contributed by atoms with E-state index in [2.05, 4.69) is 21.8 Å². The van der Waals surface area contributed by atoms with Crippen molar-refractivity contribution in [3.8, 4) is 0 Å². The van der Waals surface area contributed by atoms with E-state index in [-0.39, 0.29) is 5.91 Å². The molecule has 1 saturated heterocycles. The zero-order valence-corrected chi connectivity index (χ0v) is 11.1. The molecule has 1 aromatic heterocycles. The van der Waals surface area contributed by atoms with Gasteiger partial charge >= 0.3 is 0 Å². The summed E-state index contributed by atoms with van der Waals surface area (Å²) in [6, 6.07) is 0. The summed E-state index contributed by atoms with van der Waals surface area (Å²) in [5.41, 5.74) is 0. The van der Waals surface area contributed by atoms with Gasteiger partial charge < -0.3 is 14.8 Å². The third-order valence-electron chi connectivity index (χ3n) is 3.31. The second kappa shape index (κ2) is 6.54. The summed E-state index contributed by atoms with van der Waals surface area (Å²) < 4.78 is 2.10. The fraction of sp³-hybridized carbons (Fsp3) is 0.692. The number of nitrogens with one attached hydrogen (secondary N) is 1. The molecule has 0 aromatic carbocycles. The zero-order chi connectivity index (χ0) is 12.8. The molecule has 0 aliphatic carbocycles. The summed E-state index contributed by atoms with van der Waals surface area (Å²) in [5.74, 6) is 1.35. The van der Waals surface area contributed by atoms with Crippen LogP contribution >= 0.6 is 0 Å². The first-order valence-corrected chi connectivity index (χ1v) is 6.79. The van der Waals surface area contributed by atoms with E-state index in [1.165, 1.54) is 0 Å². The molecule has 1 amide bonds. The van der Waals surface area contributed by atoms with E-state index < -0.39 is 0 Å². The molecule has 2 heterocycles. The van der Waals surface area contributed by atoms with Gasteiger partial charge in [-0.15, -0.1) is 0 Å². The summed E-state index contributed by atoms with van der Waals surface area (Å²) >= 11 is 0. The van der Waals surface area contributed by atoms with Crippen LogP contribution in [0.3, 0.4) is 0 Å². The molecular weight excluding hydrogens is 228 g/mol. The Morgan fingerprint density at radius 3 is 2.94 bits per heavy atom. The molecule has 0 unspecified atom stereocenters. The Kier molecular flexibility index (Phi) is 4.75. The van der Waals surface area contributed by atoms with Gasteiger partial charge in [-0.05, 0) is 6.42 Å². The molecule has 1 aliphatic rings. The number of imidazole rings is 1. The number of nitrogens with zero attached hydrogens (tertiary/aromatic N) is 3. The van der Waals surface area contributed by atoms with Crippen molar-refractivity contribution >= 4 is 5.91 Å². The summed E-state index contributed by atoms with van der Waals surface area (Å²) in [7, 11) is 0. The Labute approximate surface area is 108 Å². The Morgan fingerprint density at radius 2 is 2.22 bits per heavy atom. The normalized spacial score (nSPS) is 15.9. The number of piperazine rings is 1. The van der Waals surface area contributed by atoms with Crippen LogP contribution in [0.15, 0.2) is 12.4 Å². The van der Waals surface area contributed by atoms with Gasteiger partial charge in [0.2, 0.25) is 5.91 Å². The molecule has 1 aliphatic heterocycles. The van der Waals surface area contributed by atoms with Gasteiger partial charge in [0.25, 0.3) is 0 Å². The van der Waals surface area contributed by atoms with Crippen LogP contribution in [0.1, 0.15) is 25.6 Å². The van der Waals surface area contributed by atoms with Gasteiger partial charge in [-0.25, -0.2) is 4.98 Å². The Hall–Kier alpha value is -1.36. The first kappa shape index (κ1) is 13.1. The standard InChI is InChI=1S/C13H22N4O/c1-2-3-12-15-7-11-16(12)8-4-13(18)17-9-5-14-6-10-17/h7,11,14H,2-6,8-10H2,1H3. The molecule has 0 spiro atoms. The molecule has 2 rings (SSSR count). The quantitative estimate of drug-likeness (QED) is 0.835. The third-order valence-corrected chi connectivity index (χ3v) is 3.31. The van der Waals surface area contributed by atoms with Gasteiger partial charge in [0.1, 0.15) is 5.82 Å². The average Bonchev–Trinajstić information content (AvgIpc) is 2.85. The van der Waals surface area contributed by atoms with Crippen molar-refractivity contribution in [2.45, 2.75) is 32.7 Å². The average molecular weight is 250 g/mol. The number of hydrogen-bond acceptors (Lipinski definition) is 3. The van der Waals surface area contributed by atoms with Crippen molar-refractivity contribution in [1.82, 2.24) is 19.8 Å². The van der Waals surface area contributed by atoms with Gasteiger partial charge in [0.05, 0.1) is 0 Å². The maximum absolute atomic E-state index is 12.0. The molecule has 100 valence electrons. The minimum atomic E-state index is 0.257. The van der Waals surface area contributed by atoms with E-state index in [0.29, 0.717) is 6.42 Å². The number of carbonyl (C=O) groups excluding carboxylic acids is 1. The SMILES string of the molecule is CCCc1nccn1CCC(=O)N1CCNCC1. The van der Waals surface area contributed by atoms with Crippen molar-refractivity contribution in [2.75, 3.05) is 26.2 Å². The number of aryl methyl sites for hydroxylation is 2. The lowest BCUT2D eigenvalue weighted by atomic mass is 10.3. The van der Waals surface area contributed by atoms with Crippen LogP contribution < -0.4 is 5.32 Å². The van der Waals surface area contributed by atoms with Crippen LogP contribution in [0.4, 0.5) is 0 Å². The van der Waals surface area contributed by atoms with Crippen molar-refractivity contribution in [1.29, 1.82) is 0 Å². The first-order valence-electron chi connectivity index (χ1n) is 6.79. The second-order valence-corrected chi connectivity index (χ2v) is 4.67. The largest absolute Gasteiger partial charge is 0.340 e. The fourth-order valence-electron chi connectivity index (χ4n) is 2.28. The van der Waals surface area contributed by atoms with Gasteiger partial charge in [0.15, 0.2) is 0 Å². The van der Waals surface area contributed by atoms with Crippen LogP contribution in [0.2, 0.25) is 0 Å². The summed E-state index contributed by atoms with van der Waals surface area (Å²) in [6.45, 7) is 6.40. The lowest BCUT2D eigenvalue weighted by Crippen LogP contribution is -2.46.